The highest BCUT2D eigenvalue weighted by Gasteiger charge is 2.27. The summed E-state index contributed by atoms with van der Waals surface area (Å²) in [6, 6.07) is 16.6. The topological polar surface area (TPSA) is 34.0 Å². The lowest BCUT2D eigenvalue weighted by Gasteiger charge is -2.17. The third-order valence-electron chi connectivity index (χ3n) is 4.91. The molecule has 0 bridgehead atoms. The van der Waals surface area contributed by atoms with Gasteiger partial charge < -0.3 is 9.88 Å². The zero-order chi connectivity index (χ0) is 17.4. The van der Waals surface area contributed by atoms with E-state index in [1.165, 1.54) is 16.5 Å². The summed E-state index contributed by atoms with van der Waals surface area (Å²) >= 11 is 6.06. The van der Waals surface area contributed by atoms with E-state index in [1.54, 1.807) is 0 Å². The SMILES string of the molecule is Cn1cc(C(CC(=O)NC2CC2)c2ccc(Cl)cc2)c2ccccc21. The van der Waals surface area contributed by atoms with Crippen molar-refractivity contribution in [2.45, 2.75) is 31.2 Å². The van der Waals surface area contributed by atoms with Crippen LogP contribution in [0, 0.1) is 0 Å². The first kappa shape index (κ1) is 16.2. The quantitative estimate of drug-likeness (QED) is 0.713. The molecule has 1 aliphatic carbocycles. The number of hydrogen-bond donors (Lipinski definition) is 1. The van der Waals surface area contributed by atoms with Crippen molar-refractivity contribution < 1.29 is 4.79 Å². The van der Waals surface area contributed by atoms with Gasteiger partial charge in [0.15, 0.2) is 0 Å². The standard InChI is InChI=1S/C21H21ClN2O/c1-24-13-19(17-4-2-3-5-20(17)24)18(12-21(25)23-16-10-11-16)14-6-8-15(22)9-7-14/h2-9,13,16,18H,10-12H2,1H3,(H,23,25). The number of nitrogens with one attached hydrogen (secondary N) is 1. The Hall–Kier alpha value is -2.26. The van der Waals surface area contributed by atoms with Crippen molar-refractivity contribution in [2.24, 2.45) is 7.05 Å². The minimum atomic E-state index is 0.0158. The molecule has 1 aliphatic rings. The molecule has 4 rings (SSSR count). The number of carbonyl (C=O) groups excluding carboxylic acids is 1. The lowest BCUT2D eigenvalue weighted by atomic mass is 9.88. The van der Waals surface area contributed by atoms with Gasteiger partial charge in [-0.2, -0.15) is 0 Å². The molecule has 0 radical (unpaired) electrons. The average Bonchev–Trinajstić information content (AvgIpc) is 3.36. The molecule has 1 unspecified atom stereocenters. The molecule has 1 saturated carbocycles. The second-order valence-electron chi connectivity index (χ2n) is 6.86. The Morgan fingerprint density at radius 2 is 1.92 bits per heavy atom. The molecule has 1 aromatic heterocycles. The summed E-state index contributed by atoms with van der Waals surface area (Å²) in [5.74, 6) is 0.137. The van der Waals surface area contributed by atoms with E-state index in [1.807, 2.05) is 30.3 Å². The second-order valence-corrected chi connectivity index (χ2v) is 7.30. The van der Waals surface area contributed by atoms with Gasteiger partial charge in [0.2, 0.25) is 5.91 Å². The van der Waals surface area contributed by atoms with Gasteiger partial charge in [0.1, 0.15) is 0 Å². The smallest absolute Gasteiger partial charge is 0.221 e. The summed E-state index contributed by atoms with van der Waals surface area (Å²) in [6.45, 7) is 0. The number of amides is 1. The minimum Gasteiger partial charge on any atom is -0.353 e. The fourth-order valence-corrected chi connectivity index (χ4v) is 3.58. The monoisotopic (exact) mass is 352 g/mol. The molecule has 3 aromatic rings. The molecule has 1 atom stereocenters. The number of para-hydroxylation sites is 1. The van der Waals surface area contributed by atoms with Crippen molar-refractivity contribution in [3.63, 3.8) is 0 Å². The Morgan fingerprint density at radius 1 is 1.20 bits per heavy atom. The van der Waals surface area contributed by atoms with Crippen LogP contribution < -0.4 is 5.32 Å². The highest BCUT2D eigenvalue weighted by Crippen LogP contribution is 2.35. The molecular formula is C21H21ClN2O. The van der Waals surface area contributed by atoms with Gasteiger partial charge in [-0.05, 0) is 42.2 Å². The van der Waals surface area contributed by atoms with Gasteiger partial charge in [-0.1, -0.05) is 41.9 Å². The van der Waals surface area contributed by atoms with Crippen LogP contribution in [0.1, 0.15) is 36.3 Å². The summed E-state index contributed by atoms with van der Waals surface area (Å²) in [7, 11) is 2.05. The molecule has 1 heterocycles. The van der Waals surface area contributed by atoms with Crippen LogP contribution in [0.2, 0.25) is 5.02 Å². The molecule has 0 spiro atoms. The Morgan fingerprint density at radius 3 is 2.64 bits per heavy atom. The van der Waals surface area contributed by atoms with E-state index in [0.29, 0.717) is 17.5 Å². The average molecular weight is 353 g/mol. The van der Waals surface area contributed by atoms with Crippen LogP contribution in [0.25, 0.3) is 10.9 Å². The van der Waals surface area contributed by atoms with Crippen molar-refractivity contribution >= 4 is 28.4 Å². The van der Waals surface area contributed by atoms with Gasteiger partial charge in [0.05, 0.1) is 0 Å². The number of aromatic nitrogens is 1. The molecule has 0 saturated heterocycles. The highest BCUT2D eigenvalue weighted by atomic mass is 35.5. The normalized spacial score (nSPS) is 15.3. The van der Waals surface area contributed by atoms with E-state index in [-0.39, 0.29) is 11.8 Å². The number of hydrogen-bond acceptors (Lipinski definition) is 1. The molecule has 1 fully saturated rings. The van der Waals surface area contributed by atoms with Gasteiger partial charge in [-0.3, -0.25) is 4.79 Å². The number of fused-ring (bicyclic) bond motifs is 1. The molecule has 1 amide bonds. The lowest BCUT2D eigenvalue weighted by molar-refractivity contribution is -0.121. The van der Waals surface area contributed by atoms with Crippen LogP contribution in [0.15, 0.2) is 54.7 Å². The van der Waals surface area contributed by atoms with Crippen molar-refractivity contribution in [1.82, 2.24) is 9.88 Å². The van der Waals surface area contributed by atoms with Gasteiger partial charge >= 0.3 is 0 Å². The van der Waals surface area contributed by atoms with Crippen LogP contribution in [0.5, 0.6) is 0 Å². The molecule has 25 heavy (non-hydrogen) atoms. The van der Waals surface area contributed by atoms with Crippen LogP contribution in [0.4, 0.5) is 0 Å². The zero-order valence-electron chi connectivity index (χ0n) is 14.2. The summed E-state index contributed by atoms with van der Waals surface area (Å²) in [6.07, 6.45) is 4.80. The Balaban J connectivity index is 1.75. The van der Waals surface area contributed by atoms with E-state index in [0.717, 1.165) is 18.4 Å². The Kier molecular flexibility index (Phi) is 4.26. The number of carbonyl (C=O) groups is 1. The van der Waals surface area contributed by atoms with Gasteiger partial charge in [0, 0.05) is 47.6 Å². The largest absolute Gasteiger partial charge is 0.353 e. The molecule has 4 heteroatoms. The third-order valence-corrected chi connectivity index (χ3v) is 5.16. The molecule has 1 N–H and O–H groups in total. The number of nitrogens with zero attached hydrogens (tertiary/aromatic N) is 1. The Labute approximate surface area is 152 Å². The first-order valence-electron chi connectivity index (χ1n) is 8.70. The van der Waals surface area contributed by atoms with Gasteiger partial charge in [0.25, 0.3) is 0 Å². The van der Waals surface area contributed by atoms with Crippen LogP contribution >= 0.6 is 11.6 Å². The van der Waals surface area contributed by atoms with Crippen LogP contribution in [0.3, 0.4) is 0 Å². The van der Waals surface area contributed by atoms with E-state index < -0.39 is 0 Å². The minimum absolute atomic E-state index is 0.0158. The number of benzene rings is 2. The van der Waals surface area contributed by atoms with E-state index in [4.69, 9.17) is 11.6 Å². The van der Waals surface area contributed by atoms with Gasteiger partial charge in [-0.25, -0.2) is 0 Å². The predicted molar refractivity (Wildman–Crippen MR) is 102 cm³/mol. The number of rotatable bonds is 5. The van der Waals surface area contributed by atoms with Crippen molar-refractivity contribution in [3.05, 3.63) is 70.9 Å². The maximum absolute atomic E-state index is 12.5. The molecular weight excluding hydrogens is 332 g/mol. The van der Waals surface area contributed by atoms with Crippen LogP contribution in [-0.4, -0.2) is 16.5 Å². The zero-order valence-corrected chi connectivity index (χ0v) is 15.0. The summed E-state index contributed by atoms with van der Waals surface area (Å²) in [5.41, 5.74) is 3.48. The van der Waals surface area contributed by atoms with E-state index in [9.17, 15) is 4.79 Å². The molecule has 128 valence electrons. The maximum Gasteiger partial charge on any atom is 0.221 e. The predicted octanol–water partition coefficient (Wildman–Crippen LogP) is 4.63. The first-order valence-corrected chi connectivity index (χ1v) is 9.08. The number of halogens is 1. The molecule has 2 aromatic carbocycles. The summed E-state index contributed by atoms with van der Waals surface area (Å²) in [4.78, 5) is 12.5. The second kappa shape index (κ2) is 6.57. The van der Waals surface area contributed by atoms with Gasteiger partial charge in [-0.15, -0.1) is 0 Å². The fraction of sp³-hybridized carbons (Fsp3) is 0.286. The maximum atomic E-state index is 12.5. The number of aryl methyl sites for hydroxylation is 1. The van der Waals surface area contributed by atoms with E-state index >= 15 is 0 Å². The summed E-state index contributed by atoms with van der Waals surface area (Å²) < 4.78 is 2.13. The van der Waals surface area contributed by atoms with Crippen molar-refractivity contribution in [3.8, 4) is 0 Å². The highest BCUT2D eigenvalue weighted by molar-refractivity contribution is 6.30. The first-order chi connectivity index (χ1) is 12.1. The third kappa shape index (κ3) is 3.42. The van der Waals surface area contributed by atoms with Crippen LogP contribution in [-0.2, 0) is 11.8 Å². The van der Waals surface area contributed by atoms with Crippen molar-refractivity contribution in [2.75, 3.05) is 0 Å². The fourth-order valence-electron chi connectivity index (χ4n) is 3.45. The van der Waals surface area contributed by atoms with Crippen molar-refractivity contribution in [1.29, 1.82) is 0 Å². The Bertz CT molecular complexity index is 909. The van der Waals surface area contributed by atoms with E-state index in [2.05, 4.69) is 41.3 Å². The lowest BCUT2D eigenvalue weighted by Crippen LogP contribution is -2.27. The molecule has 0 aliphatic heterocycles. The molecule has 3 nitrogen and oxygen atoms in total. The summed E-state index contributed by atoms with van der Waals surface area (Å²) in [5, 5.41) is 5.03.